The lowest BCUT2D eigenvalue weighted by Gasteiger charge is -2.09. The minimum Gasteiger partial charge on any atom is -0.492 e. The van der Waals surface area contributed by atoms with Crippen molar-refractivity contribution in [1.82, 2.24) is 0 Å². The maximum absolute atomic E-state index is 12.9. The smallest absolute Gasteiger partial charge is 0.160 e. The summed E-state index contributed by atoms with van der Waals surface area (Å²) in [7, 11) is 0. The van der Waals surface area contributed by atoms with Crippen LogP contribution in [-0.2, 0) is 0 Å². The fourth-order valence-electron chi connectivity index (χ4n) is 1.50. The maximum atomic E-state index is 12.9. The molecular weight excluding hydrogens is 316 g/mol. The molecule has 0 aromatic heterocycles. The Morgan fingerprint density at radius 1 is 1.00 bits per heavy atom. The van der Waals surface area contributed by atoms with Crippen LogP contribution in [0.5, 0.6) is 5.75 Å². The van der Waals surface area contributed by atoms with Gasteiger partial charge in [-0.15, -0.1) is 0 Å². The highest BCUT2D eigenvalue weighted by Crippen LogP contribution is 2.16. The molecule has 2 rings (SSSR count). The molecule has 0 aliphatic rings. The minimum absolute atomic E-state index is 0.431. The third kappa shape index (κ3) is 4.21. The molecule has 0 saturated heterocycles. The van der Waals surface area contributed by atoms with Gasteiger partial charge in [-0.05, 0) is 36.4 Å². The van der Waals surface area contributed by atoms with Gasteiger partial charge in [0.15, 0.2) is 11.6 Å². The topological polar surface area (TPSA) is 21.3 Å². The van der Waals surface area contributed by atoms with Crippen molar-refractivity contribution in [2.24, 2.45) is 0 Å². The second kappa shape index (κ2) is 6.52. The lowest BCUT2D eigenvalue weighted by atomic mass is 10.3. The van der Waals surface area contributed by atoms with Crippen molar-refractivity contribution in [2.75, 3.05) is 18.5 Å². The van der Waals surface area contributed by atoms with Crippen LogP contribution in [0.3, 0.4) is 0 Å². The van der Waals surface area contributed by atoms with E-state index in [1.165, 1.54) is 6.07 Å². The van der Waals surface area contributed by atoms with Gasteiger partial charge >= 0.3 is 0 Å². The van der Waals surface area contributed by atoms with Gasteiger partial charge in [-0.25, -0.2) is 8.78 Å². The number of ether oxygens (including phenoxy) is 1. The molecule has 0 aliphatic heterocycles. The highest BCUT2D eigenvalue weighted by atomic mass is 79.9. The average molecular weight is 328 g/mol. The molecule has 0 unspecified atom stereocenters. The number of rotatable bonds is 5. The predicted molar refractivity (Wildman–Crippen MR) is 74.5 cm³/mol. The summed E-state index contributed by atoms with van der Waals surface area (Å²) in [6.45, 7) is 0.932. The number of hydrogen-bond acceptors (Lipinski definition) is 2. The van der Waals surface area contributed by atoms with Gasteiger partial charge in [0.1, 0.15) is 12.4 Å². The highest BCUT2D eigenvalue weighted by molar-refractivity contribution is 9.10. The zero-order chi connectivity index (χ0) is 13.7. The van der Waals surface area contributed by atoms with Crippen molar-refractivity contribution < 1.29 is 13.5 Å². The summed E-state index contributed by atoms with van der Waals surface area (Å²) in [5.41, 5.74) is 0.526. The molecule has 2 nitrogen and oxygen atoms in total. The first-order chi connectivity index (χ1) is 9.15. The van der Waals surface area contributed by atoms with Gasteiger partial charge in [0.05, 0.1) is 0 Å². The van der Waals surface area contributed by atoms with Gasteiger partial charge in [0.2, 0.25) is 0 Å². The Morgan fingerprint density at radius 3 is 2.42 bits per heavy atom. The van der Waals surface area contributed by atoms with Crippen molar-refractivity contribution in [3.63, 3.8) is 0 Å². The van der Waals surface area contributed by atoms with E-state index >= 15 is 0 Å². The molecular formula is C14H12BrF2NO. The van der Waals surface area contributed by atoms with Crippen LogP contribution in [0.15, 0.2) is 46.9 Å². The zero-order valence-electron chi connectivity index (χ0n) is 10.00. The van der Waals surface area contributed by atoms with Gasteiger partial charge in [-0.2, -0.15) is 0 Å². The zero-order valence-corrected chi connectivity index (χ0v) is 11.6. The normalized spacial score (nSPS) is 10.3. The Kier molecular flexibility index (Phi) is 4.74. The van der Waals surface area contributed by atoms with E-state index in [4.69, 9.17) is 4.74 Å². The third-order valence-corrected chi connectivity index (χ3v) is 2.96. The predicted octanol–water partition coefficient (Wildman–Crippen LogP) is 4.22. The van der Waals surface area contributed by atoms with E-state index in [9.17, 15) is 8.78 Å². The molecule has 100 valence electrons. The van der Waals surface area contributed by atoms with Crippen molar-refractivity contribution in [3.8, 4) is 5.75 Å². The first-order valence-electron chi connectivity index (χ1n) is 5.72. The van der Waals surface area contributed by atoms with Gasteiger partial charge in [0.25, 0.3) is 0 Å². The fourth-order valence-corrected chi connectivity index (χ4v) is 1.77. The Morgan fingerprint density at radius 2 is 1.74 bits per heavy atom. The molecule has 5 heteroatoms. The molecule has 0 saturated carbocycles. The Balaban J connectivity index is 1.77. The number of nitrogens with one attached hydrogen (secondary N) is 1. The Hall–Kier alpha value is -1.62. The molecule has 19 heavy (non-hydrogen) atoms. The summed E-state index contributed by atoms with van der Waals surface area (Å²) in [5.74, 6) is -0.953. The van der Waals surface area contributed by atoms with E-state index in [1.54, 1.807) is 0 Å². The molecule has 0 fully saturated rings. The summed E-state index contributed by atoms with van der Waals surface area (Å²) in [5, 5.41) is 2.95. The van der Waals surface area contributed by atoms with Crippen LogP contribution in [0, 0.1) is 11.6 Å². The van der Waals surface area contributed by atoms with Gasteiger partial charge in [0, 0.05) is 22.8 Å². The summed E-state index contributed by atoms with van der Waals surface area (Å²) in [6.07, 6.45) is 0. The second-order valence-electron chi connectivity index (χ2n) is 3.86. The van der Waals surface area contributed by atoms with Gasteiger partial charge < -0.3 is 10.1 Å². The molecule has 2 aromatic rings. The van der Waals surface area contributed by atoms with Crippen molar-refractivity contribution >= 4 is 21.6 Å². The molecule has 2 aromatic carbocycles. The largest absolute Gasteiger partial charge is 0.492 e. The molecule has 0 atom stereocenters. The van der Waals surface area contributed by atoms with Crippen LogP contribution in [0.2, 0.25) is 0 Å². The Labute approximate surface area is 118 Å². The fraction of sp³-hybridized carbons (Fsp3) is 0.143. The van der Waals surface area contributed by atoms with Crippen LogP contribution in [0.1, 0.15) is 0 Å². The van der Waals surface area contributed by atoms with Crippen LogP contribution < -0.4 is 10.1 Å². The summed E-state index contributed by atoms with van der Waals surface area (Å²) < 4.78 is 32.1. The van der Waals surface area contributed by atoms with Crippen molar-refractivity contribution in [3.05, 3.63) is 58.6 Å². The SMILES string of the molecule is Fc1ccc(NCCOc2ccc(Br)cc2)cc1F. The van der Waals surface area contributed by atoms with E-state index in [1.807, 2.05) is 24.3 Å². The van der Waals surface area contributed by atoms with E-state index in [0.29, 0.717) is 18.8 Å². The molecule has 0 amide bonds. The molecule has 0 radical (unpaired) electrons. The average Bonchev–Trinajstić information content (AvgIpc) is 2.41. The van der Waals surface area contributed by atoms with Gasteiger partial charge in [-0.1, -0.05) is 15.9 Å². The Bertz CT molecular complexity index is 546. The maximum Gasteiger partial charge on any atom is 0.160 e. The monoisotopic (exact) mass is 327 g/mol. The molecule has 0 heterocycles. The number of halogens is 3. The lowest BCUT2D eigenvalue weighted by molar-refractivity contribution is 0.333. The summed E-state index contributed by atoms with van der Waals surface area (Å²) in [6, 6.07) is 11.2. The third-order valence-electron chi connectivity index (χ3n) is 2.43. The highest BCUT2D eigenvalue weighted by Gasteiger charge is 2.01. The summed E-state index contributed by atoms with van der Waals surface area (Å²) in [4.78, 5) is 0. The number of anilines is 1. The standard InChI is InChI=1S/C14H12BrF2NO/c15-10-1-4-12(5-2-10)19-8-7-18-11-3-6-13(16)14(17)9-11/h1-6,9,18H,7-8H2. The number of hydrogen-bond donors (Lipinski definition) is 1. The van der Waals surface area contributed by atoms with Gasteiger partial charge in [-0.3, -0.25) is 0 Å². The quantitative estimate of drug-likeness (QED) is 0.830. The summed E-state index contributed by atoms with van der Waals surface area (Å²) >= 11 is 3.34. The van der Waals surface area contributed by atoms with Crippen LogP contribution >= 0.6 is 15.9 Å². The van der Waals surface area contributed by atoms with E-state index in [-0.39, 0.29) is 0 Å². The second-order valence-corrected chi connectivity index (χ2v) is 4.77. The van der Waals surface area contributed by atoms with E-state index in [0.717, 1.165) is 22.4 Å². The molecule has 0 bridgehead atoms. The minimum atomic E-state index is -0.862. The van der Waals surface area contributed by atoms with E-state index in [2.05, 4.69) is 21.2 Å². The van der Waals surface area contributed by atoms with Crippen molar-refractivity contribution in [1.29, 1.82) is 0 Å². The van der Waals surface area contributed by atoms with Crippen LogP contribution in [0.25, 0.3) is 0 Å². The number of benzene rings is 2. The van der Waals surface area contributed by atoms with E-state index < -0.39 is 11.6 Å². The molecule has 0 aliphatic carbocycles. The van der Waals surface area contributed by atoms with Crippen molar-refractivity contribution in [2.45, 2.75) is 0 Å². The first-order valence-corrected chi connectivity index (χ1v) is 6.52. The molecule has 1 N–H and O–H groups in total. The lowest BCUT2D eigenvalue weighted by Crippen LogP contribution is -2.11. The van der Waals surface area contributed by atoms with Crippen LogP contribution in [0.4, 0.5) is 14.5 Å². The van der Waals surface area contributed by atoms with Crippen LogP contribution in [-0.4, -0.2) is 13.2 Å². The first kappa shape index (κ1) is 13.8. The molecule has 0 spiro atoms.